The van der Waals surface area contributed by atoms with E-state index in [0.29, 0.717) is 15.4 Å². The monoisotopic (exact) mass is 142 g/mol. The summed E-state index contributed by atoms with van der Waals surface area (Å²) in [6, 6.07) is 0. The van der Waals surface area contributed by atoms with E-state index in [0.717, 1.165) is 0 Å². The number of hydrogen-bond donors (Lipinski definition) is 1. The lowest BCUT2D eigenvalue weighted by Gasteiger charge is -1.85. The van der Waals surface area contributed by atoms with Gasteiger partial charge in [0, 0.05) is 15.4 Å². The van der Waals surface area contributed by atoms with Gasteiger partial charge in [-0.15, -0.1) is 0 Å². The topological polar surface area (TPSA) is 37.3 Å². The molecular weight excluding hydrogens is 132 g/mol. The Morgan fingerprint density at radius 2 is 2.22 bits per heavy atom. The molecule has 0 atom stereocenters. The van der Waals surface area contributed by atoms with Crippen LogP contribution >= 0.6 is 0 Å². The summed E-state index contributed by atoms with van der Waals surface area (Å²) in [5.74, 6) is -0.806. The highest BCUT2D eigenvalue weighted by atomic mass is 28.1. The molecule has 0 aliphatic heterocycles. The Bertz CT molecular complexity index is 158. The molecule has 1 N–H and O–H groups in total. The van der Waals surface area contributed by atoms with E-state index >= 15 is 0 Å². The number of hydrogen-bond acceptors (Lipinski definition) is 1. The highest BCUT2D eigenvalue weighted by molar-refractivity contribution is 6.34. The second-order valence-electron chi connectivity index (χ2n) is 1.68. The van der Waals surface area contributed by atoms with Crippen LogP contribution in [-0.4, -0.2) is 21.3 Å². The van der Waals surface area contributed by atoms with Gasteiger partial charge in [-0.3, -0.25) is 0 Å². The third kappa shape index (κ3) is 3.73. The van der Waals surface area contributed by atoms with Crippen molar-refractivity contribution in [3.8, 4) is 0 Å². The summed E-state index contributed by atoms with van der Waals surface area (Å²) >= 11 is 0. The van der Waals surface area contributed by atoms with Crippen molar-refractivity contribution in [3.63, 3.8) is 0 Å². The maximum atomic E-state index is 10.1. The summed E-state index contributed by atoms with van der Waals surface area (Å²) in [6.45, 7) is 1.85. The van der Waals surface area contributed by atoms with Gasteiger partial charge in [0.25, 0.3) is 0 Å². The van der Waals surface area contributed by atoms with Crippen LogP contribution in [0.2, 0.25) is 0 Å². The lowest BCUT2D eigenvalue weighted by Crippen LogP contribution is -1.98. The fourth-order valence-electron chi connectivity index (χ4n) is 0.312. The molecule has 0 fully saturated rings. The Hall–Kier alpha value is -0.833. The van der Waals surface area contributed by atoms with Crippen LogP contribution in [0.4, 0.5) is 0 Å². The minimum atomic E-state index is -0.806. The Balaban J connectivity index is 4.00. The Kier molecular flexibility index (Phi) is 3.71. The fraction of sp³-hybridized carbons (Fsp3) is 0.167. The third-order valence-corrected chi connectivity index (χ3v) is 1.64. The molecule has 0 spiro atoms. The molecule has 0 radical (unpaired) electrons. The zero-order chi connectivity index (χ0) is 7.28. The average molecular weight is 142 g/mol. The van der Waals surface area contributed by atoms with E-state index in [1.54, 1.807) is 18.2 Å². The van der Waals surface area contributed by atoms with Crippen LogP contribution in [-0.2, 0) is 4.79 Å². The minimum Gasteiger partial charge on any atom is -0.478 e. The highest BCUT2D eigenvalue weighted by Gasteiger charge is 1.94. The Morgan fingerprint density at radius 1 is 1.67 bits per heavy atom. The average Bonchev–Trinajstić information content (AvgIpc) is 1.82. The van der Waals surface area contributed by atoms with Crippen molar-refractivity contribution in [3.05, 3.63) is 23.4 Å². The maximum absolute atomic E-state index is 10.1. The van der Waals surface area contributed by atoms with E-state index in [4.69, 9.17) is 5.11 Å². The molecule has 0 aromatic rings. The van der Waals surface area contributed by atoms with E-state index in [1.807, 2.05) is 6.92 Å². The Labute approximate surface area is 57.3 Å². The standard InChI is InChI=1S/C6H10O2Si/c1-2-3-4-5(9)6(7)8/h2-4H,1,9H3,(H,7,8). The van der Waals surface area contributed by atoms with Gasteiger partial charge in [-0.25, -0.2) is 4.79 Å². The number of aliphatic carboxylic acids is 1. The van der Waals surface area contributed by atoms with Crippen LogP contribution in [0.15, 0.2) is 23.4 Å². The molecule has 0 amide bonds. The van der Waals surface area contributed by atoms with Gasteiger partial charge in [0.15, 0.2) is 0 Å². The zero-order valence-corrected chi connectivity index (χ0v) is 7.59. The van der Waals surface area contributed by atoms with E-state index in [1.165, 1.54) is 0 Å². The fourth-order valence-corrected chi connectivity index (χ4v) is 0.504. The number of carboxylic acid groups (broad SMARTS) is 1. The van der Waals surface area contributed by atoms with Gasteiger partial charge in [-0.05, 0) is 6.92 Å². The molecule has 9 heavy (non-hydrogen) atoms. The molecule has 0 unspecified atom stereocenters. The number of carboxylic acids is 1. The molecule has 0 aromatic carbocycles. The molecule has 0 aliphatic rings. The second kappa shape index (κ2) is 4.09. The predicted octanol–water partition coefficient (Wildman–Crippen LogP) is -0.104. The SMILES string of the molecule is CC=CC=C([SiH3])C(=O)O. The first-order valence-electron chi connectivity index (χ1n) is 2.71. The molecule has 0 heterocycles. The normalized spacial score (nSPS) is 12.8. The summed E-state index contributed by atoms with van der Waals surface area (Å²) in [5, 5.41) is 8.83. The molecule has 50 valence electrons. The first kappa shape index (κ1) is 8.17. The molecule has 3 heteroatoms. The largest absolute Gasteiger partial charge is 0.478 e. The number of allylic oxidation sites excluding steroid dienone is 3. The molecule has 0 saturated carbocycles. The maximum Gasteiger partial charge on any atom is 0.326 e. The van der Waals surface area contributed by atoms with Crippen LogP contribution in [0.5, 0.6) is 0 Å². The van der Waals surface area contributed by atoms with Crippen LogP contribution in [0.3, 0.4) is 0 Å². The van der Waals surface area contributed by atoms with Crippen molar-refractivity contribution < 1.29 is 9.90 Å². The number of carbonyl (C=O) groups is 1. The van der Waals surface area contributed by atoms with Crippen molar-refractivity contribution in [2.45, 2.75) is 6.92 Å². The van der Waals surface area contributed by atoms with Gasteiger partial charge in [0.05, 0.1) is 0 Å². The zero-order valence-electron chi connectivity index (χ0n) is 5.59. The van der Waals surface area contributed by atoms with Gasteiger partial charge in [-0.1, -0.05) is 18.2 Å². The van der Waals surface area contributed by atoms with Crippen LogP contribution in [0.25, 0.3) is 0 Å². The van der Waals surface area contributed by atoms with Crippen molar-refractivity contribution >= 4 is 16.2 Å². The molecule has 2 nitrogen and oxygen atoms in total. The van der Waals surface area contributed by atoms with Crippen LogP contribution in [0, 0.1) is 0 Å². The van der Waals surface area contributed by atoms with E-state index in [2.05, 4.69) is 0 Å². The smallest absolute Gasteiger partial charge is 0.326 e. The van der Waals surface area contributed by atoms with Crippen molar-refractivity contribution in [2.24, 2.45) is 0 Å². The predicted molar refractivity (Wildman–Crippen MR) is 40.5 cm³/mol. The minimum absolute atomic E-state index is 0.494. The summed E-state index contributed by atoms with van der Waals surface area (Å²) < 4.78 is 0. The lowest BCUT2D eigenvalue weighted by molar-refractivity contribution is -0.131. The second-order valence-corrected chi connectivity index (χ2v) is 2.76. The number of rotatable bonds is 2. The van der Waals surface area contributed by atoms with Gasteiger partial charge in [0.2, 0.25) is 0 Å². The van der Waals surface area contributed by atoms with Crippen molar-refractivity contribution in [1.82, 2.24) is 0 Å². The van der Waals surface area contributed by atoms with E-state index < -0.39 is 5.97 Å². The van der Waals surface area contributed by atoms with Crippen molar-refractivity contribution in [2.75, 3.05) is 0 Å². The first-order valence-corrected chi connectivity index (χ1v) is 3.71. The summed E-state index contributed by atoms with van der Waals surface area (Å²) in [4.78, 5) is 10.1. The van der Waals surface area contributed by atoms with Gasteiger partial charge in [0.1, 0.15) is 0 Å². The van der Waals surface area contributed by atoms with Crippen LogP contribution < -0.4 is 0 Å². The Morgan fingerprint density at radius 3 is 2.56 bits per heavy atom. The summed E-state index contributed by atoms with van der Waals surface area (Å²) in [6.07, 6.45) is 5.16. The van der Waals surface area contributed by atoms with Crippen molar-refractivity contribution in [1.29, 1.82) is 0 Å². The molecule has 0 saturated heterocycles. The molecule has 0 aromatic heterocycles. The van der Waals surface area contributed by atoms with Crippen LogP contribution in [0.1, 0.15) is 6.92 Å². The van der Waals surface area contributed by atoms with Gasteiger partial charge in [-0.2, -0.15) is 0 Å². The molecular formula is C6H10O2Si. The molecule has 0 aliphatic carbocycles. The summed E-state index contributed by atoms with van der Waals surface area (Å²) in [7, 11) is 0.598. The summed E-state index contributed by atoms with van der Waals surface area (Å²) in [5.41, 5.74) is 0. The van der Waals surface area contributed by atoms with Gasteiger partial charge < -0.3 is 5.11 Å². The third-order valence-electron chi connectivity index (χ3n) is 0.876. The van der Waals surface area contributed by atoms with E-state index in [9.17, 15) is 4.79 Å². The lowest BCUT2D eigenvalue weighted by atomic mass is 10.4. The first-order chi connectivity index (χ1) is 4.18. The molecule has 0 rings (SSSR count). The molecule has 0 bridgehead atoms. The van der Waals surface area contributed by atoms with E-state index in [-0.39, 0.29) is 0 Å². The van der Waals surface area contributed by atoms with Gasteiger partial charge >= 0.3 is 5.97 Å². The highest BCUT2D eigenvalue weighted by Crippen LogP contribution is 1.86. The quantitative estimate of drug-likeness (QED) is 0.332.